The zero-order chi connectivity index (χ0) is 11.8. The molecule has 1 aliphatic rings. The maximum atomic E-state index is 6.15. The Kier molecular flexibility index (Phi) is 2.39. The summed E-state index contributed by atoms with van der Waals surface area (Å²) in [6.45, 7) is 0. The largest absolute Gasteiger partial charge is 0.383 e. The van der Waals surface area contributed by atoms with Crippen LogP contribution in [0.1, 0.15) is 30.9 Å². The maximum absolute atomic E-state index is 6.15. The molecular weight excluding hydrogens is 210 g/mol. The first-order valence-corrected chi connectivity index (χ1v) is 6.15. The molecule has 3 heteroatoms. The Labute approximate surface area is 101 Å². The van der Waals surface area contributed by atoms with Crippen molar-refractivity contribution in [2.45, 2.75) is 25.2 Å². The zero-order valence-electron chi connectivity index (χ0n) is 10.1. The fraction of sp³-hybridized carbons (Fsp3) is 0.357. The minimum absolute atomic E-state index is 0.605. The van der Waals surface area contributed by atoms with Gasteiger partial charge in [0.15, 0.2) is 0 Å². The molecule has 0 atom stereocenters. The van der Waals surface area contributed by atoms with E-state index in [4.69, 9.17) is 5.73 Å². The van der Waals surface area contributed by atoms with Crippen LogP contribution in [0.4, 0.5) is 5.82 Å². The number of nitrogen functional groups attached to an aromatic ring is 1. The van der Waals surface area contributed by atoms with Gasteiger partial charge in [0.25, 0.3) is 0 Å². The van der Waals surface area contributed by atoms with E-state index in [-0.39, 0.29) is 0 Å². The number of anilines is 1. The Morgan fingerprint density at radius 3 is 2.53 bits per heavy atom. The van der Waals surface area contributed by atoms with Gasteiger partial charge in [-0.15, -0.1) is 0 Å². The van der Waals surface area contributed by atoms with Crippen molar-refractivity contribution in [3.8, 4) is 11.1 Å². The molecule has 1 aliphatic carbocycles. The predicted molar refractivity (Wildman–Crippen MR) is 69.6 cm³/mol. The summed E-state index contributed by atoms with van der Waals surface area (Å²) in [6.07, 6.45) is 3.81. The van der Waals surface area contributed by atoms with E-state index >= 15 is 0 Å². The van der Waals surface area contributed by atoms with Crippen LogP contribution in [0.15, 0.2) is 30.3 Å². The van der Waals surface area contributed by atoms with Gasteiger partial charge in [0.2, 0.25) is 0 Å². The standard InChI is InChI=1S/C14H17N3/c1-17-14(15)12(10-6-3-2-4-7-10)13(16-17)11-8-5-9-11/h2-4,6-7,11H,5,8-9,15H2,1H3. The number of nitrogens with two attached hydrogens (primary N) is 1. The van der Waals surface area contributed by atoms with Gasteiger partial charge in [-0.3, -0.25) is 4.68 Å². The van der Waals surface area contributed by atoms with Crippen LogP contribution in [0.2, 0.25) is 0 Å². The summed E-state index contributed by atoms with van der Waals surface area (Å²) in [7, 11) is 1.92. The molecule has 2 aromatic rings. The molecule has 1 heterocycles. The maximum Gasteiger partial charge on any atom is 0.129 e. The lowest BCUT2D eigenvalue weighted by Gasteiger charge is -2.24. The van der Waals surface area contributed by atoms with E-state index in [1.165, 1.54) is 30.5 Å². The van der Waals surface area contributed by atoms with Crippen molar-refractivity contribution in [2.24, 2.45) is 7.05 Å². The Balaban J connectivity index is 2.14. The highest BCUT2D eigenvalue weighted by atomic mass is 15.3. The van der Waals surface area contributed by atoms with Gasteiger partial charge in [0.05, 0.1) is 5.69 Å². The first-order chi connectivity index (χ1) is 8.27. The molecule has 0 amide bonds. The summed E-state index contributed by atoms with van der Waals surface area (Å²) < 4.78 is 1.80. The van der Waals surface area contributed by atoms with Gasteiger partial charge >= 0.3 is 0 Å². The molecule has 88 valence electrons. The van der Waals surface area contributed by atoms with E-state index in [0.29, 0.717) is 5.92 Å². The van der Waals surface area contributed by atoms with Gasteiger partial charge in [-0.2, -0.15) is 5.10 Å². The smallest absolute Gasteiger partial charge is 0.129 e. The van der Waals surface area contributed by atoms with E-state index in [9.17, 15) is 0 Å². The van der Waals surface area contributed by atoms with Crippen LogP contribution < -0.4 is 5.73 Å². The molecule has 1 fully saturated rings. The number of hydrogen-bond donors (Lipinski definition) is 1. The molecule has 0 aliphatic heterocycles. The summed E-state index contributed by atoms with van der Waals surface area (Å²) in [6, 6.07) is 10.3. The predicted octanol–water partition coefficient (Wildman–Crippen LogP) is 2.94. The monoisotopic (exact) mass is 227 g/mol. The second-order valence-electron chi connectivity index (χ2n) is 4.76. The highest BCUT2D eigenvalue weighted by Crippen LogP contribution is 2.42. The number of hydrogen-bond acceptors (Lipinski definition) is 2. The molecule has 3 rings (SSSR count). The molecule has 0 spiro atoms. The minimum Gasteiger partial charge on any atom is -0.383 e. The van der Waals surface area contributed by atoms with Gasteiger partial charge < -0.3 is 5.73 Å². The van der Waals surface area contributed by atoms with Gasteiger partial charge in [-0.1, -0.05) is 36.8 Å². The second kappa shape index (κ2) is 3.91. The second-order valence-corrected chi connectivity index (χ2v) is 4.76. The number of aromatic nitrogens is 2. The molecule has 0 unspecified atom stereocenters. The first kappa shape index (κ1) is 10.4. The third-order valence-corrected chi connectivity index (χ3v) is 3.67. The molecule has 1 aromatic heterocycles. The molecule has 1 saturated carbocycles. The van der Waals surface area contributed by atoms with Gasteiger partial charge in [0, 0.05) is 18.5 Å². The van der Waals surface area contributed by atoms with Crippen LogP contribution in [0, 0.1) is 0 Å². The van der Waals surface area contributed by atoms with Crippen LogP contribution in [-0.4, -0.2) is 9.78 Å². The number of rotatable bonds is 2. The molecule has 1 aromatic carbocycles. The van der Waals surface area contributed by atoms with E-state index in [1.807, 2.05) is 25.2 Å². The lowest BCUT2D eigenvalue weighted by molar-refractivity contribution is 0.408. The fourth-order valence-electron chi connectivity index (χ4n) is 2.43. The topological polar surface area (TPSA) is 43.8 Å². The lowest BCUT2D eigenvalue weighted by atomic mass is 9.80. The Bertz CT molecular complexity index is 524. The number of benzene rings is 1. The van der Waals surface area contributed by atoms with Crippen LogP contribution >= 0.6 is 0 Å². The Hall–Kier alpha value is -1.77. The Morgan fingerprint density at radius 1 is 1.24 bits per heavy atom. The highest BCUT2D eigenvalue weighted by Gasteiger charge is 2.27. The van der Waals surface area contributed by atoms with Crippen molar-refractivity contribution >= 4 is 5.82 Å². The van der Waals surface area contributed by atoms with Crippen molar-refractivity contribution in [1.82, 2.24) is 9.78 Å². The summed E-state index contributed by atoms with van der Waals surface area (Å²) in [4.78, 5) is 0. The molecule has 0 saturated heterocycles. The van der Waals surface area contributed by atoms with Crippen molar-refractivity contribution in [1.29, 1.82) is 0 Å². The molecule has 0 radical (unpaired) electrons. The molecular formula is C14H17N3. The van der Waals surface area contributed by atoms with Crippen LogP contribution in [0.25, 0.3) is 11.1 Å². The van der Waals surface area contributed by atoms with E-state index in [0.717, 1.165) is 11.4 Å². The third-order valence-electron chi connectivity index (χ3n) is 3.67. The fourth-order valence-corrected chi connectivity index (χ4v) is 2.43. The minimum atomic E-state index is 0.605. The van der Waals surface area contributed by atoms with Crippen molar-refractivity contribution in [3.05, 3.63) is 36.0 Å². The Morgan fingerprint density at radius 2 is 1.94 bits per heavy atom. The summed E-state index contributed by atoms with van der Waals surface area (Å²) in [5.41, 5.74) is 9.65. The summed E-state index contributed by atoms with van der Waals surface area (Å²) >= 11 is 0. The zero-order valence-corrected chi connectivity index (χ0v) is 10.1. The quantitative estimate of drug-likeness (QED) is 0.857. The molecule has 2 N–H and O–H groups in total. The average molecular weight is 227 g/mol. The van der Waals surface area contributed by atoms with Crippen LogP contribution in [-0.2, 0) is 7.05 Å². The van der Waals surface area contributed by atoms with E-state index in [1.54, 1.807) is 4.68 Å². The normalized spacial score (nSPS) is 15.8. The average Bonchev–Trinajstić information content (AvgIpc) is 2.54. The van der Waals surface area contributed by atoms with E-state index < -0.39 is 0 Å². The van der Waals surface area contributed by atoms with Crippen molar-refractivity contribution in [2.75, 3.05) is 5.73 Å². The number of aryl methyl sites for hydroxylation is 1. The molecule has 3 nitrogen and oxygen atoms in total. The number of nitrogens with zero attached hydrogens (tertiary/aromatic N) is 2. The first-order valence-electron chi connectivity index (χ1n) is 6.15. The molecule has 17 heavy (non-hydrogen) atoms. The summed E-state index contributed by atoms with van der Waals surface area (Å²) in [5.74, 6) is 1.38. The molecule has 0 bridgehead atoms. The van der Waals surface area contributed by atoms with Gasteiger partial charge in [-0.05, 0) is 18.4 Å². The summed E-state index contributed by atoms with van der Waals surface area (Å²) in [5, 5.41) is 4.60. The van der Waals surface area contributed by atoms with Crippen molar-refractivity contribution < 1.29 is 0 Å². The van der Waals surface area contributed by atoms with Crippen molar-refractivity contribution in [3.63, 3.8) is 0 Å². The van der Waals surface area contributed by atoms with E-state index in [2.05, 4.69) is 17.2 Å². The third kappa shape index (κ3) is 1.62. The lowest BCUT2D eigenvalue weighted by Crippen LogP contribution is -2.10. The van der Waals surface area contributed by atoms with Gasteiger partial charge in [-0.25, -0.2) is 0 Å². The SMILES string of the molecule is Cn1nc(C2CCC2)c(-c2ccccc2)c1N. The highest BCUT2D eigenvalue weighted by molar-refractivity contribution is 5.77. The van der Waals surface area contributed by atoms with Gasteiger partial charge in [0.1, 0.15) is 5.82 Å². The van der Waals surface area contributed by atoms with Crippen LogP contribution in [0.5, 0.6) is 0 Å². The van der Waals surface area contributed by atoms with Crippen LogP contribution in [0.3, 0.4) is 0 Å².